The SMILES string of the molecule is CC(CC(=O)[O-])C(O)(C(=O)[O-])C(=O)NO.[Na+].[Na+]. The van der Waals surface area contributed by atoms with Crippen molar-refractivity contribution in [1.82, 2.24) is 5.48 Å². The van der Waals surface area contributed by atoms with Gasteiger partial charge in [0.25, 0.3) is 5.91 Å². The minimum Gasteiger partial charge on any atom is -0.550 e. The molecule has 0 bridgehead atoms. The minimum atomic E-state index is -3.12. The van der Waals surface area contributed by atoms with E-state index in [1.54, 1.807) is 0 Å². The fourth-order valence-electron chi connectivity index (χ4n) is 1.00. The van der Waals surface area contributed by atoms with Crippen molar-refractivity contribution in [2.45, 2.75) is 18.9 Å². The number of rotatable bonds is 5. The normalized spacial score (nSPS) is 14.3. The van der Waals surface area contributed by atoms with Gasteiger partial charge in [0.05, 0.1) is 5.97 Å². The Bertz CT molecular complexity index is 298. The number of hydrogen-bond acceptors (Lipinski definition) is 7. The van der Waals surface area contributed by atoms with Crippen molar-refractivity contribution in [2.75, 3.05) is 0 Å². The number of carboxylic acid groups (broad SMARTS) is 2. The molecule has 3 N–H and O–H groups in total. The largest absolute Gasteiger partial charge is 1.00 e. The molecule has 0 rings (SSSR count). The number of amides is 1. The molecule has 1 amide bonds. The van der Waals surface area contributed by atoms with E-state index < -0.39 is 35.8 Å². The van der Waals surface area contributed by atoms with Crippen molar-refractivity contribution < 1.29 is 94.0 Å². The Labute approximate surface area is 141 Å². The summed E-state index contributed by atoms with van der Waals surface area (Å²) in [5.74, 6) is -7.04. The third kappa shape index (κ3) is 5.66. The maximum atomic E-state index is 10.9. The van der Waals surface area contributed by atoms with Gasteiger partial charge in [-0.25, -0.2) is 5.48 Å². The van der Waals surface area contributed by atoms with Gasteiger partial charge in [0, 0.05) is 11.9 Å². The van der Waals surface area contributed by atoms with E-state index in [1.807, 2.05) is 0 Å². The molecule has 0 fully saturated rings. The first kappa shape index (κ1) is 22.5. The predicted octanol–water partition coefficient (Wildman–Crippen LogP) is -10.2. The van der Waals surface area contributed by atoms with Crippen molar-refractivity contribution in [3.63, 3.8) is 0 Å². The first-order valence-corrected chi connectivity index (χ1v) is 3.85. The molecular weight excluding hydrogens is 256 g/mol. The van der Waals surface area contributed by atoms with Crippen LogP contribution in [0.1, 0.15) is 13.3 Å². The molecule has 2 atom stereocenters. The van der Waals surface area contributed by atoms with Gasteiger partial charge in [-0.05, 0) is 6.42 Å². The second-order valence-electron chi connectivity index (χ2n) is 2.97. The average molecular weight is 265 g/mol. The molecule has 0 aromatic rings. The summed E-state index contributed by atoms with van der Waals surface area (Å²) >= 11 is 0. The maximum absolute atomic E-state index is 10.9. The zero-order valence-electron chi connectivity index (χ0n) is 9.72. The second kappa shape index (κ2) is 9.29. The summed E-state index contributed by atoms with van der Waals surface area (Å²) < 4.78 is 0. The molecule has 10 heteroatoms. The van der Waals surface area contributed by atoms with Gasteiger partial charge < -0.3 is 24.9 Å². The van der Waals surface area contributed by atoms with E-state index >= 15 is 0 Å². The molecule has 0 aromatic heterocycles. The summed E-state index contributed by atoms with van der Waals surface area (Å²) in [6, 6.07) is 0. The molecule has 86 valence electrons. The van der Waals surface area contributed by atoms with Crippen LogP contribution < -0.4 is 74.8 Å². The number of aliphatic carboxylic acids is 2. The zero-order valence-corrected chi connectivity index (χ0v) is 13.7. The van der Waals surface area contributed by atoms with Crippen molar-refractivity contribution in [2.24, 2.45) is 5.92 Å². The summed E-state index contributed by atoms with van der Waals surface area (Å²) in [6.07, 6.45) is -0.877. The Kier molecular flexibility index (Phi) is 12.3. The Morgan fingerprint density at radius 1 is 1.29 bits per heavy atom. The van der Waals surface area contributed by atoms with Crippen LogP contribution in [0.4, 0.5) is 0 Å². The Morgan fingerprint density at radius 2 is 1.71 bits per heavy atom. The number of carbonyl (C=O) groups is 3. The maximum Gasteiger partial charge on any atom is 1.00 e. The average Bonchev–Trinajstić information content (AvgIpc) is 2.13. The van der Waals surface area contributed by atoms with E-state index in [0.29, 0.717) is 0 Å². The number of hydrogen-bond donors (Lipinski definition) is 3. The minimum absolute atomic E-state index is 0. The predicted molar refractivity (Wildman–Crippen MR) is 38.7 cm³/mol. The fraction of sp³-hybridized carbons (Fsp3) is 0.571. The van der Waals surface area contributed by atoms with Crippen LogP contribution in [0.2, 0.25) is 0 Å². The van der Waals surface area contributed by atoms with Crippen molar-refractivity contribution in [3.8, 4) is 0 Å². The molecular formula is C7H9NNa2O7. The van der Waals surface area contributed by atoms with E-state index in [0.717, 1.165) is 12.4 Å². The molecule has 0 aromatic carbocycles. The summed E-state index contributed by atoms with van der Waals surface area (Å²) in [5.41, 5.74) is -2.20. The molecule has 0 spiro atoms. The van der Waals surface area contributed by atoms with E-state index in [1.165, 1.54) is 0 Å². The Morgan fingerprint density at radius 3 is 1.94 bits per heavy atom. The van der Waals surface area contributed by atoms with Crippen LogP contribution >= 0.6 is 0 Å². The van der Waals surface area contributed by atoms with Gasteiger partial charge in [-0.3, -0.25) is 10.0 Å². The molecule has 0 aliphatic carbocycles. The first-order valence-electron chi connectivity index (χ1n) is 3.85. The van der Waals surface area contributed by atoms with Crippen LogP contribution in [0.5, 0.6) is 0 Å². The molecule has 0 saturated heterocycles. The van der Waals surface area contributed by atoms with Crippen molar-refractivity contribution in [3.05, 3.63) is 0 Å². The topological polar surface area (TPSA) is 150 Å². The number of hydroxylamine groups is 1. The van der Waals surface area contributed by atoms with Gasteiger partial charge in [-0.1, -0.05) is 6.92 Å². The monoisotopic (exact) mass is 265 g/mol. The van der Waals surface area contributed by atoms with Crippen LogP contribution in [0.3, 0.4) is 0 Å². The molecule has 0 heterocycles. The van der Waals surface area contributed by atoms with Gasteiger partial charge in [0.1, 0.15) is 0 Å². The van der Waals surface area contributed by atoms with Gasteiger partial charge >= 0.3 is 59.1 Å². The summed E-state index contributed by atoms with van der Waals surface area (Å²) in [7, 11) is 0. The Hall–Kier alpha value is 0.330. The van der Waals surface area contributed by atoms with Crippen LogP contribution in [-0.2, 0) is 14.4 Å². The molecule has 2 unspecified atom stereocenters. The molecule has 8 nitrogen and oxygen atoms in total. The number of nitrogens with one attached hydrogen (secondary N) is 1. The first-order chi connectivity index (χ1) is 6.76. The zero-order chi connectivity index (χ0) is 12.2. The molecule has 0 saturated carbocycles. The van der Waals surface area contributed by atoms with Gasteiger partial charge in [0.2, 0.25) is 0 Å². The molecule has 0 aliphatic heterocycles. The van der Waals surface area contributed by atoms with E-state index in [4.69, 9.17) is 5.21 Å². The summed E-state index contributed by atoms with van der Waals surface area (Å²) in [6.45, 7) is 0.987. The van der Waals surface area contributed by atoms with Crippen LogP contribution in [-0.4, -0.2) is 33.8 Å². The van der Waals surface area contributed by atoms with E-state index in [-0.39, 0.29) is 59.1 Å². The quantitative estimate of drug-likeness (QED) is 0.193. The van der Waals surface area contributed by atoms with E-state index in [9.17, 15) is 29.7 Å². The van der Waals surface area contributed by atoms with Crippen molar-refractivity contribution >= 4 is 17.8 Å². The third-order valence-electron chi connectivity index (χ3n) is 1.94. The number of carbonyl (C=O) groups excluding carboxylic acids is 3. The molecule has 0 radical (unpaired) electrons. The Balaban J connectivity index is -0.000000980. The smallest absolute Gasteiger partial charge is 0.550 e. The molecule has 17 heavy (non-hydrogen) atoms. The standard InChI is InChI=1S/C7H11NO7.2Na/c1-3(2-4(9)10)7(14,6(12)13)5(11)8-15;;/h3,14-15H,2H2,1H3,(H,8,11)(H,9,10)(H,12,13);;/q;2*+1/p-2. The van der Waals surface area contributed by atoms with Crippen LogP contribution in [0, 0.1) is 5.92 Å². The van der Waals surface area contributed by atoms with Crippen LogP contribution in [0.15, 0.2) is 0 Å². The molecule has 0 aliphatic rings. The van der Waals surface area contributed by atoms with E-state index in [2.05, 4.69) is 0 Å². The summed E-state index contributed by atoms with van der Waals surface area (Å²) in [4.78, 5) is 31.5. The summed E-state index contributed by atoms with van der Waals surface area (Å²) in [5, 5.41) is 38.2. The number of aliphatic hydroxyl groups is 1. The van der Waals surface area contributed by atoms with Gasteiger partial charge in [-0.2, -0.15) is 0 Å². The third-order valence-corrected chi connectivity index (χ3v) is 1.94. The van der Waals surface area contributed by atoms with Crippen molar-refractivity contribution in [1.29, 1.82) is 0 Å². The van der Waals surface area contributed by atoms with Gasteiger partial charge in [-0.15, -0.1) is 0 Å². The fourth-order valence-corrected chi connectivity index (χ4v) is 1.00. The second-order valence-corrected chi connectivity index (χ2v) is 2.97. The van der Waals surface area contributed by atoms with Crippen LogP contribution in [0.25, 0.3) is 0 Å². The van der Waals surface area contributed by atoms with Gasteiger partial charge in [0.15, 0.2) is 5.60 Å². The number of carboxylic acids is 2.